The Hall–Kier alpha value is -2.35. The van der Waals surface area contributed by atoms with Crippen molar-refractivity contribution in [1.29, 1.82) is 0 Å². The molecule has 0 aliphatic rings. The molecule has 1 aromatic heterocycles. The van der Waals surface area contributed by atoms with Gasteiger partial charge in [-0.15, -0.1) is 0 Å². The van der Waals surface area contributed by atoms with Gasteiger partial charge < -0.3 is 14.6 Å². The Labute approximate surface area is 171 Å². The Kier molecular flexibility index (Phi) is 6.15. The number of anilines is 1. The first-order chi connectivity index (χ1) is 13.0. The zero-order valence-corrected chi connectivity index (χ0v) is 17.4. The van der Waals surface area contributed by atoms with Crippen molar-refractivity contribution in [2.75, 3.05) is 11.9 Å². The van der Waals surface area contributed by atoms with E-state index in [0.717, 1.165) is 32.1 Å². The molecule has 0 unspecified atom stereocenters. The minimum absolute atomic E-state index is 0.143. The van der Waals surface area contributed by atoms with Gasteiger partial charge in [0.25, 0.3) is 5.91 Å². The summed E-state index contributed by atoms with van der Waals surface area (Å²) < 4.78 is 7.67. The minimum atomic E-state index is -0.246. The van der Waals surface area contributed by atoms with Crippen molar-refractivity contribution in [3.8, 4) is 0 Å². The van der Waals surface area contributed by atoms with E-state index in [1.165, 1.54) is 0 Å². The van der Waals surface area contributed by atoms with Gasteiger partial charge in [0.15, 0.2) is 0 Å². The third-order valence-electron chi connectivity index (χ3n) is 4.36. The molecule has 3 rings (SSSR count). The van der Waals surface area contributed by atoms with Crippen LogP contribution in [0.2, 0.25) is 0 Å². The molecule has 0 spiro atoms. The van der Waals surface area contributed by atoms with E-state index >= 15 is 0 Å². The van der Waals surface area contributed by atoms with Crippen molar-refractivity contribution in [1.82, 2.24) is 4.57 Å². The molecule has 6 heteroatoms. The molecule has 1 amide bonds. The second kappa shape index (κ2) is 8.56. The van der Waals surface area contributed by atoms with E-state index in [9.17, 15) is 9.59 Å². The number of hydrogen-bond acceptors (Lipinski definition) is 3. The van der Waals surface area contributed by atoms with Crippen LogP contribution in [-0.4, -0.2) is 23.1 Å². The van der Waals surface area contributed by atoms with Crippen molar-refractivity contribution in [3.05, 3.63) is 65.4 Å². The molecule has 2 aromatic carbocycles. The van der Waals surface area contributed by atoms with Crippen LogP contribution >= 0.6 is 22.6 Å². The summed E-state index contributed by atoms with van der Waals surface area (Å²) in [5, 5.41) is 3.94. The number of rotatable bonds is 6. The predicted molar refractivity (Wildman–Crippen MR) is 115 cm³/mol. The fourth-order valence-corrected chi connectivity index (χ4v) is 3.71. The Morgan fingerprint density at radius 2 is 1.96 bits per heavy atom. The molecule has 0 atom stereocenters. The lowest BCUT2D eigenvalue weighted by Crippen LogP contribution is -2.13. The first kappa shape index (κ1) is 19.4. The van der Waals surface area contributed by atoms with Crippen molar-refractivity contribution in [3.63, 3.8) is 0 Å². The zero-order chi connectivity index (χ0) is 19.4. The molecule has 1 heterocycles. The highest BCUT2D eigenvalue weighted by Gasteiger charge is 2.15. The maximum atomic E-state index is 12.9. The van der Waals surface area contributed by atoms with Crippen molar-refractivity contribution < 1.29 is 14.3 Å². The summed E-state index contributed by atoms with van der Waals surface area (Å²) in [6.45, 7) is 2.16. The lowest BCUT2D eigenvalue weighted by Gasteiger charge is -2.11. The van der Waals surface area contributed by atoms with Crippen LogP contribution in [0.5, 0.6) is 0 Å². The first-order valence-corrected chi connectivity index (χ1v) is 10.2. The van der Waals surface area contributed by atoms with Gasteiger partial charge in [0.1, 0.15) is 0 Å². The van der Waals surface area contributed by atoms with Gasteiger partial charge >= 0.3 is 5.97 Å². The molecule has 0 saturated carbocycles. The lowest BCUT2D eigenvalue weighted by atomic mass is 10.1. The van der Waals surface area contributed by atoms with E-state index in [1.807, 2.05) is 60.3 Å². The molecule has 0 radical (unpaired) electrons. The monoisotopic (exact) mass is 476 g/mol. The van der Waals surface area contributed by atoms with Gasteiger partial charge in [-0.1, -0.05) is 52.9 Å². The highest BCUT2D eigenvalue weighted by Crippen LogP contribution is 2.25. The molecule has 0 aliphatic heterocycles. The third kappa shape index (κ3) is 4.32. The topological polar surface area (TPSA) is 60.3 Å². The van der Waals surface area contributed by atoms with Gasteiger partial charge in [-0.25, -0.2) is 0 Å². The Balaban J connectivity index is 1.84. The summed E-state index contributed by atoms with van der Waals surface area (Å²) >= 11 is 2.25. The summed E-state index contributed by atoms with van der Waals surface area (Å²) in [5.74, 6) is -0.388. The summed E-state index contributed by atoms with van der Waals surface area (Å²) in [6.07, 6.45) is 2.08. The maximum Gasteiger partial charge on any atom is 0.310 e. The predicted octanol–water partition coefficient (Wildman–Crippen LogP) is 4.47. The molecular formula is C21H21IN2O3. The molecule has 0 saturated heterocycles. The zero-order valence-electron chi connectivity index (χ0n) is 15.3. The molecule has 0 bridgehead atoms. The number of amides is 1. The van der Waals surface area contributed by atoms with Crippen LogP contribution in [0.25, 0.3) is 10.9 Å². The van der Waals surface area contributed by atoms with Crippen LogP contribution < -0.4 is 5.32 Å². The van der Waals surface area contributed by atoms with E-state index < -0.39 is 0 Å². The van der Waals surface area contributed by atoms with Crippen molar-refractivity contribution in [2.24, 2.45) is 7.05 Å². The number of aryl methyl sites for hydroxylation is 1. The van der Waals surface area contributed by atoms with E-state index in [-0.39, 0.29) is 18.3 Å². The molecular weight excluding hydrogens is 455 g/mol. The lowest BCUT2D eigenvalue weighted by molar-refractivity contribution is -0.142. The van der Waals surface area contributed by atoms with Crippen molar-refractivity contribution in [2.45, 2.75) is 17.8 Å². The van der Waals surface area contributed by atoms with Crippen LogP contribution in [-0.2, 0) is 27.4 Å². The van der Waals surface area contributed by atoms with E-state index in [0.29, 0.717) is 12.2 Å². The summed E-state index contributed by atoms with van der Waals surface area (Å²) in [4.78, 5) is 24.5. The van der Waals surface area contributed by atoms with Crippen LogP contribution in [0, 0.1) is 0 Å². The molecule has 140 valence electrons. The van der Waals surface area contributed by atoms with E-state index in [1.54, 1.807) is 6.92 Å². The van der Waals surface area contributed by atoms with E-state index in [4.69, 9.17) is 4.74 Å². The van der Waals surface area contributed by atoms with E-state index in [2.05, 4.69) is 27.9 Å². The number of aromatic nitrogens is 1. The fourth-order valence-electron chi connectivity index (χ4n) is 3.08. The largest absolute Gasteiger partial charge is 0.466 e. The quantitative estimate of drug-likeness (QED) is 0.325. The summed E-state index contributed by atoms with van der Waals surface area (Å²) in [5.41, 5.74) is 4.27. The highest BCUT2D eigenvalue weighted by atomic mass is 127. The van der Waals surface area contributed by atoms with Crippen LogP contribution in [0.15, 0.2) is 48.7 Å². The summed E-state index contributed by atoms with van der Waals surface area (Å²) in [6, 6.07) is 13.5. The Bertz CT molecular complexity index is 994. The molecule has 3 aromatic rings. The Morgan fingerprint density at radius 1 is 1.19 bits per heavy atom. The third-order valence-corrected chi connectivity index (χ3v) is 5.18. The maximum absolute atomic E-state index is 12.9. The number of alkyl halides is 1. The number of nitrogens with zero attached hydrogens (tertiary/aromatic N) is 1. The first-order valence-electron chi connectivity index (χ1n) is 8.72. The number of hydrogen-bond donors (Lipinski definition) is 1. The Morgan fingerprint density at radius 3 is 2.70 bits per heavy atom. The number of carbonyl (C=O) groups excluding carboxylic acids is 2. The number of benzene rings is 2. The minimum Gasteiger partial charge on any atom is -0.466 e. The second-order valence-electron chi connectivity index (χ2n) is 6.23. The highest BCUT2D eigenvalue weighted by molar-refractivity contribution is 14.1. The number of fused-ring (bicyclic) bond motifs is 1. The average Bonchev–Trinajstić information content (AvgIpc) is 3.00. The van der Waals surface area contributed by atoms with Crippen LogP contribution in [0.4, 0.5) is 5.69 Å². The number of para-hydroxylation sites is 1. The van der Waals surface area contributed by atoms with Gasteiger partial charge in [-0.05, 0) is 30.2 Å². The standard InChI is InChI=1S/C21H21IN2O3/c1-3-27-20(25)11-14-8-9-18(15(10-14)12-22)23-21(26)17-13-24(2)19-7-5-4-6-16(17)19/h4-10,13H,3,11-12H2,1-2H3,(H,23,26). The molecule has 27 heavy (non-hydrogen) atoms. The number of halogens is 1. The van der Waals surface area contributed by atoms with Gasteiger partial charge in [-0.3, -0.25) is 9.59 Å². The van der Waals surface area contributed by atoms with Crippen LogP contribution in [0.1, 0.15) is 28.4 Å². The van der Waals surface area contributed by atoms with Gasteiger partial charge in [0.2, 0.25) is 0 Å². The number of ether oxygens (including phenoxy) is 1. The number of esters is 1. The molecule has 0 fully saturated rings. The van der Waals surface area contributed by atoms with Crippen molar-refractivity contribution >= 4 is 51.1 Å². The second-order valence-corrected chi connectivity index (χ2v) is 6.99. The normalized spacial score (nSPS) is 10.8. The molecule has 0 aliphatic carbocycles. The SMILES string of the molecule is CCOC(=O)Cc1ccc(NC(=O)c2cn(C)c3ccccc23)c(CI)c1. The fraction of sp³-hybridized carbons (Fsp3) is 0.238. The summed E-state index contributed by atoms with van der Waals surface area (Å²) in [7, 11) is 1.93. The smallest absolute Gasteiger partial charge is 0.310 e. The number of nitrogens with one attached hydrogen (secondary N) is 1. The molecule has 5 nitrogen and oxygen atoms in total. The van der Waals surface area contributed by atoms with Crippen LogP contribution in [0.3, 0.4) is 0 Å². The molecule has 1 N–H and O–H groups in total. The number of carbonyl (C=O) groups is 2. The van der Waals surface area contributed by atoms with Gasteiger partial charge in [-0.2, -0.15) is 0 Å². The average molecular weight is 476 g/mol. The van der Waals surface area contributed by atoms with Gasteiger partial charge in [0.05, 0.1) is 18.6 Å². The van der Waals surface area contributed by atoms with Gasteiger partial charge in [0, 0.05) is 34.3 Å².